The minimum Gasteiger partial charge on any atom is -0.508 e. The van der Waals surface area contributed by atoms with E-state index in [0.717, 1.165) is 12.0 Å². The summed E-state index contributed by atoms with van der Waals surface area (Å²) in [5.41, 5.74) is 1.65. The molecule has 1 aromatic rings. The van der Waals surface area contributed by atoms with Crippen LogP contribution in [0.3, 0.4) is 0 Å². The molecule has 0 radical (unpaired) electrons. The molecule has 124 valence electrons. The summed E-state index contributed by atoms with van der Waals surface area (Å²) in [4.78, 5) is 30.4. The Hall–Kier alpha value is -1.88. The van der Waals surface area contributed by atoms with E-state index >= 15 is 0 Å². The maximum atomic E-state index is 12.1. The number of phenolic OH excluding ortho intramolecular Hbond substituents is 1. The van der Waals surface area contributed by atoms with Gasteiger partial charge < -0.3 is 14.9 Å². The standard InChI is InChI=1S/C16H20NO5P/c1-2-11(12-6-8-13(18)9-7-12)10-14-15(17-23(20,21)22)4-3-5-16(14)19/h3,5-9,11,18H,2,4,10H2,1H3,(H3,17,20,21,22). The van der Waals surface area contributed by atoms with Gasteiger partial charge in [-0.25, -0.2) is 4.57 Å². The van der Waals surface area contributed by atoms with Gasteiger partial charge in [-0.15, -0.1) is 0 Å². The third-order valence-electron chi connectivity index (χ3n) is 3.84. The van der Waals surface area contributed by atoms with Gasteiger partial charge in [0.2, 0.25) is 0 Å². The van der Waals surface area contributed by atoms with Crippen molar-refractivity contribution >= 4 is 13.5 Å². The zero-order valence-corrected chi connectivity index (χ0v) is 13.7. The van der Waals surface area contributed by atoms with Crippen molar-refractivity contribution in [3.05, 3.63) is 53.3 Å². The molecule has 0 amide bonds. The summed E-state index contributed by atoms with van der Waals surface area (Å²) in [6.07, 6.45) is 4.45. The van der Waals surface area contributed by atoms with Gasteiger partial charge in [-0.2, -0.15) is 0 Å². The number of carbonyl (C=O) groups is 1. The van der Waals surface area contributed by atoms with Gasteiger partial charge in [-0.05, 0) is 42.5 Å². The summed E-state index contributed by atoms with van der Waals surface area (Å²) in [6.45, 7) is 1.98. The fraction of sp³-hybridized carbons (Fsp3) is 0.312. The molecule has 0 aromatic heterocycles. The topological polar surface area (TPSA) is 107 Å². The Morgan fingerprint density at radius 3 is 2.48 bits per heavy atom. The van der Waals surface area contributed by atoms with Crippen LogP contribution in [0.4, 0.5) is 0 Å². The zero-order valence-electron chi connectivity index (χ0n) is 12.8. The molecule has 2 rings (SSSR count). The van der Waals surface area contributed by atoms with Crippen molar-refractivity contribution < 1.29 is 24.3 Å². The van der Waals surface area contributed by atoms with Crippen LogP contribution >= 0.6 is 7.75 Å². The van der Waals surface area contributed by atoms with E-state index < -0.39 is 7.75 Å². The first kappa shape index (κ1) is 17.5. The molecule has 23 heavy (non-hydrogen) atoms. The fourth-order valence-electron chi connectivity index (χ4n) is 2.66. The van der Waals surface area contributed by atoms with Crippen LogP contribution < -0.4 is 5.09 Å². The molecule has 0 aliphatic heterocycles. The average Bonchev–Trinajstić information content (AvgIpc) is 2.47. The van der Waals surface area contributed by atoms with Gasteiger partial charge in [0.25, 0.3) is 0 Å². The highest BCUT2D eigenvalue weighted by Gasteiger charge is 2.24. The lowest BCUT2D eigenvalue weighted by Gasteiger charge is -2.22. The summed E-state index contributed by atoms with van der Waals surface area (Å²) < 4.78 is 11.2. The summed E-state index contributed by atoms with van der Waals surface area (Å²) >= 11 is 0. The Labute approximate surface area is 134 Å². The van der Waals surface area contributed by atoms with Crippen molar-refractivity contribution in [3.8, 4) is 5.75 Å². The van der Waals surface area contributed by atoms with E-state index in [-0.39, 0.29) is 29.6 Å². The Morgan fingerprint density at radius 2 is 1.91 bits per heavy atom. The molecule has 0 fully saturated rings. The normalized spacial score (nSPS) is 16.6. The van der Waals surface area contributed by atoms with Gasteiger partial charge in [0, 0.05) is 17.7 Å². The van der Waals surface area contributed by atoms with Crippen LogP contribution in [0.15, 0.2) is 47.7 Å². The first-order valence-electron chi connectivity index (χ1n) is 7.35. The lowest BCUT2D eigenvalue weighted by molar-refractivity contribution is -0.111. The minimum absolute atomic E-state index is 0.0228. The molecule has 0 saturated carbocycles. The molecule has 1 unspecified atom stereocenters. The Morgan fingerprint density at radius 1 is 1.26 bits per heavy atom. The highest BCUT2D eigenvalue weighted by molar-refractivity contribution is 7.49. The number of hydrogen-bond acceptors (Lipinski definition) is 3. The second-order valence-electron chi connectivity index (χ2n) is 5.48. The minimum atomic E-state index is -4.46. The van der Waals surface area contributed by atoms with Crippen LogP contribution in [0.1, 0.15) is 37.7 Å². The molecule has 0 spiro atoms. The largest absolute Gasteiger partial charge is 0.508 e. The summed E-state index contributed by atoms with van der Waals surface area (Å²) in [6, 6.07) is 6.76. The zero-order chi connectivity index (χ0) is 17.0. The van der Waals surface area contributed by atoms with Gasteiger partial charge in [0.15, 0.2) is 5.78 Å². The number of hydrogen-bond donors (Lipinski definition) is 4. The van der Waals surface area contributed by atoms with Crippen LogP contribution in [0, 0.1) is 0 Å². The van der Waals surface area contributed by atoms with E-state index in [1.165, 1.54) is 6.08 Å². The number of phenols is 1. The SMILES string of the molecule is CCC(CC1=C(NP(=O)(O)O)CC=CC1=O)c1ccc(O)cc1. The lowest BCUT2D eigenvalue weighted by Crippen LogP contribution is -2.19. The van der Waals surface area contributed by atoms with Crippen molar-refractivity contribution in [1.29, 1.82) is 0 Å². The van der Waals surface area contributed by atoms with Crippen LogP contribution in [0.2, 0.25) is 0 Å². The molecule has 4 N–H and O–H groups in total. The van der Waals surface area contributed by atoms with Crippen LogP contribution in [-0.2, 0) is 9.36 Å². The number of aromatic hydroxyl groups is 1. The number of rotatable bonds is 6. The quantitative estimate of drug-likeness (QED) is 0.595. The second kappa shape index (κ2) is 7.13. The smallest absolute Gasteiger partial charge is 0.427 e. The van der Waals surface area contributed by atoms with E-state index in [1.54, 1.807) is 30.3 Å². The van der Waals surface area contributed by atoms with Crippen molar-refractivity contribution in [2.24, 2.45) is 0 Å². The predicted octanol–water partition coefficient (Wildman–Crippen LogP) is 2.74. The number of benzene rings is 1. The predicted molar refractivity (Wildman–Crippen MR) is 86.7 cm³/mol. The van der Waals surface area contributed by atoms with Crippen LogP contribution in [0.5, 0.6) is 5.75 Å². The van der Waals surface area contributed by atoms with Crippen LogP contribution in [0.25, 0.3) is 0 Å². The average molecular weight is 337 g/mol. The van der Waals surface area contributed by atoms with Gasteiger partial charge in [0.05, 0.1) is 0 Å². The molecule has 1 aliphatic carbocycles. The number of allylic oxidation sites excluding steroid dienone is 3. The van der Waals surface area contributed by atoms with E-state index in [2.05, 4.69) is 5.09 Å². The first-order chi connectivity index (χ1) is 10.8. The summed E-state index contributed by atoms with van der Waals surface area (Å²) in [5.74, 6) is -0.0394. The molecule has 0 bridgehead atoms. The summed E-state index contributed by atoms with van der Waals surface area (Å²) in [5, 5.41) is 11.5. The van der Waals surface area contributed by atoms with Gasteiger partial charge >= 0.3 is 7.75 Å². The Kier molecular flexibility index (Phi) is 5.42. The Bertz CT molecular complexity index is 687. The maximum Gasteiger partial charge on any atom is 0.427 e. The first-order valence-corrected chi connectivity index (χ1v) is 8.97. The molecule has 0 saturated heterocycles. The number of ketones is 1. The maximum absolute atomic E-state index is 12.1. The van der Waals surface area contributed by atoms with Gasteiger partial charge in [-0.1, -0.05) is 25.1 Å². The van der Waals surface area contributed by atoms with Gasteiger partial charge in [0.1, 0.15) is 5.75 Å². The third kappa shape index (κ3) is 4.79. The van der Waals surface area contributed by atoms with E-state index in [9.17, 15) is 14.5 Å². The van der Waals surface area contributed by atoms with Crippen molar-refractivity contribution in [3.63, 3.8) is 0 Å². The van der Waals surface area contributed by atoms with E-state index in [0.29, 0.717) is 12.0 Å². The molecule has 0 heterocycles. The second-order valence-corrected chi connectivity index (χ2v) is 6.80. The van der Waals surface area contributed by atoms with Crippen molar-refractivity contribution in [2.75, 3.05) is 0 Å². The van der Waals surface area contributed by atoms with Crippen molar-refractivity contribution in [2.45, 2.75) is 32.1 Å². The lowest BCUT2D eigenvalue weighted by atomic mass is 9.86. The molecular weight excluding hydrogens is 317 g/mol. The fourth-order valence-corrected chi connectivity index (χ4v) is 3.24. The summed E-state index contributed by atoms with van der Waals surface area (Å²) in [7, 11) is -4.46. The number of nitrogens with one attached hydrogen (secondary N) is 1. The Balaban J connectivity index is 2.29. The van der Waals surface area contributed by atoms with E-state index in [4.69, 9.17) is 9.79 Å². The number of carbonyl (C=O) groups excluding carboxylic acids is 1. The van der Waals surface area contributed by atoms with Crippen molar-refractivity contribution in [1.82, 2.24) is 5.09 Å². The molecule has 1 aromatic carbocycles. The molecule has 6 nitrogen and oxygen atoms in total. The molecular formula is C16H20NO5P. The highest BCUT2D eigenvalue weighted by Crippen LogP contribution is 2.36. The highest BCUT2D eigenvalue weighted by atomic mass is 31.2. The third-order valence-corrected chi connectivity index (χ3v) is 4.40. The van der Waals surface area contributed by atoms with E-state index in [1.807, 2.05) is 6.92 Å². The molecule has 7 heteroatoms. The molecule has 1 atom stereocenters. The van der Waals surface area contributed by atoms with Gasteiger partial charge in [-0.3, -0.25) is 9.88 Å². The monoisotopic (exact) mass is 337 g/mol. The molecule has 1 aliphatic rings. The van der Waals surface area contributed by atoms with Crippen LogP contribution in [-0.4, -0.2) is 20.7 Å².